The van der Waals surface area contributed by atoms with Crippen LogP contribution in [0, 0.1) is 0 Å². The van der Waals surface area contributed by atoms with Crippen LogP contribution in [0.1, 0.15) is 6.92 Å². The molecule has 3 heteroatoms. The van der Waals surface area contributed by atoms with Gasteiger partial charge >= 0.3 is 0 Å². The maximum Gasteiger partial charge on any atom is 0.0608 e. The predicted molar refractivity (Wildman–Crippen MR) is 26.5 cm³/mol. The fourth-order valence-corrected chi connectivity index (χ4v) is 0.172. The van der Waals surface area contributed by atoms with Gasteiger partial charge in [-0.15, -0.1) is 0 Å². The second kappa shape index (κ2) is 10.3. The molecule has 0 bridgehead atoms. The zero-order valence-corrected chi connectivity index (χ0v) is 7.59. The molecule has 1 radical (unpaired) electrons. The summed E-state index contributed by atoms with van der Waals surface area (Å²) < 4.78 is 4.63. The smallest absolute Gasteiger partial charge is 0.0608 e. The number of rotatable bonds is 3. The summed E-state index contributed by atoms with van der Waals surface area (Å²) in [5, 5.41) is 0. The topological polar surface area (TPSA) is 26.3 Å². The number of ether oxygens (including phenoxy) is 1. The molecule has 2 nitrogen and oxygen atoms in total. The molecule has 0 amide bonds. The third kappa shape index (κ3) is 9.58. The maximum atomic E-state index is 9.39. The molecule has 0 aliphatic carbocycles. The molecular formula is C5H7O2Y-. The molecule has 0 N–H and O–H groups in total. The van der Waals surface area contributed by atoms with E-state index in [9.17, 15) is 4.79 Å². The van der Waals surface area contributed by atoms with Gasteiger partial charge in [0.1, 0.15) is 0 Å². The third-order valence-electron chi connectivity index (χ3n) is 0.399. The van der Waals surface area contributed by atoms with Crippen LogP contribution < -0.4 is 0 Å². The molecule has 8 heavy (non-hydrogen) atoms. The van der Waals surface area contributed by atoms with E-state index in [2.05, 4.69) is 4.74 Å². The first kappa shape index (κ1) is 11.2. The average molecular weight is 188 g/mol. The van der Waals surface area contributed by atoms with Crippen LogP contribution in [0.3, 0.4) is 0 Å². The molecule has 0 aliphatic heterocycles. The first-order valence-electron chi connectivity index (χ1n) is 2.06. The Morgan fingerprint density at radius 1 is 1.75 bits per heavy atom. The molecule has 0 aliphatic rings. The first-order chi connectivity index (χ1) is 3.41. The van der Waals surface area contributed by atoms with Gasteiger partial charge in [0.2, 0.25) is 0 Å². The van der Waals surface area contributed by atoms with E-state index in [-0.39, 0.29) is 32.7 Å². The van der Waals surface area contributed by atoms with Gasteiger partial charge in [0.15, 0.2) is 0 Å². The van der Waals surface area contributed by atoms with Crippen LogP contribution in [-0.2, 0) is 42.2 Å². The molecule has 0 fully saturated rings. The monoisotopic (exact) mass is 188 g/mol. The molecule has 0 aromatic carbocycles. The van der Waals surface area contributed by atoms with E-state index >= 15 is 0 Å². The SMILES string of the molecule is CCO/C=C/[C-]=O.[Y]. The van der Waals surface area contributed by atoms with Crippen molar-refractivity contribution in [3.8, 4) is 0 Å². The summed E-state index contributed by atoms with van der Waals surface area (Å²) in [4.78, 5) is 9.39. The fourth-order valence-electron chi connectivity index (χ4n) is 0.172. The fraction of sp³-hybridized carbons (Fsp3) is 0.400. The van der Waals surface area contributed by atoms with Gasteiger partial charge in [0.25, 0.3) is 0 Å². The quantitative estimate of drug-likeness (QED) is 0.369. The summed E-state index contributed by atoms with van der Waals surface area (Å²) in [5.74, 6) is 0. The summed E-state index contributed by atoms with van der Waals surface area (Å²) in [7, 11) is 0. The van der Waals surface area contributed by atoms with Gasteiger partial charge in [-0.2, -0.15) is 6.08 Å². The van der Waals surface area contributed by atoms with E-state index in [4.69, 9.17) is 0 Å². The molecule has 0 spiro atoms. The standard InChI is InChI=1S/C5H7O2.Y/c1-2-7-5-3-4-6;/h3,5H,2H2,1H3;/q-1;/b5-3+;. The summed E-state index contributed by atoms with van der Waals surface area (Å²) in [6, 6.07) is 0. The van der Waals surface area contributed by atoms with Crippen molar-refractivity contribution in [1.29, 1.82) is 0 Å². The van der Waals surface area contributed by atoms with Crippen molar-refractivity contribution in [3.63, 3.8) is 0 Å². The summed E-state index contributed by atoms with van der Waals surface area (Å²) in [6.45, 7) is 2.44. The molecule has 43 valence electrons. The van der Waals surface area contributed by atoms with Crippen molar-refractivity contribution in [2.75, 3.05) is 6.61 Å². The van der Waals surface area contributed by atoms with Gasteiger partial charge in [-0.1, -0.05) is 6.26 Å². The van der Waals surface area contributed by atoms with Gasteiger partial charge in [0.05, 0.1) is 6.61 Å². The molecule has 0 rings (SSSR count). The van der Waals surface area contributed by atoms with Crippen LogP contribution in [0.25, 0.3) is 0 Å². The number of carbonyl (C=O) groups excluding carboxylic acids is 1. The second-order valence-corrected chi connectivity index (χ2v) is 0.876. The first-order valence-corrected chi connectivity index (χ1v) is 2.06. The van der Waals surface area contributed by atoms with Crippen LogP contribution >= 0.6 is 0 Å². The Hall–Kier alpha value is 0.314. The van der Waals surface area contributed by atoms with Crippen molar-refractivity contribution >= 4 is 6.29 Å². The van der Waals surface area contributed by atoms with Gasteiger partial charge in [-0.25, -0.2) is 0 Å². The second-order valence-electron chi connectivity index (χ2n) is 0.876. The van der Waals surface area contributed by atoms with Crippen LogP contribution in [0.2, 0.25) is 0 Å². The number of hydrogen-bond donors (Lipinski definition) is 0. The van der Waals surface area contributed by atoms with Crippen LogP contribution in [-0.4, -0.2) is 12.9 Å². The Morgan fingerprint density at radius 3 is 2.75 bits per heavy atom. The van der Waals surface area contributed by atoms with Gasteiger partial charge in [-0.3, -0.25) is 0 Å². The Balaban J connectivity index is 0. The number of allylic oxidation sites excluding steroid dienone is 1. The van der Waals surface area contributed by atoms with E-state index < -0.39 is 0 Å². The normalized spacial score (nSPS) is 8.12. The Kier molecular flexibility index (Phi) is 14.4. The van der Waals surface area contributed by atoms with Crippen molar-refractivity contribution in [2.24, 2.45) is 0 Å². The summed E-state index contributed by atoms with van der Waals surface area (Å²) in [6.07, 6.45) is 4.04. The van der Waals surface area contributed by atoms with Crippen molar-refractivity contribution in [1.82, 2.24) is 0 Å². The van der Waals surface area contributed by atoms with Crippen LogP contribution in [0.15, 0.2) is 12.3 Å². The van der Waals surface area contributed by atoms with E-state index in [1.54, 1.807) is 6.29 Å². The summed E-state index contributed by atoms with van der Waals surface area (Å²) in [5.41, 5.74) is 0. The minimum atomic E-state index is 0. The average Bonchev–Trinajstić information content (AvgIpc) is 1.69. The molecule has 0 saturated carbocycles. The molecule has 0 aromatic rings. The van der Waals surface area contributed by atoms with Gasteiger partial charge < -0.3 is 9.53 Å². The molecular weight excluding hydrogens is 181 g/mol. The Morgan fingerprint density at radius 2 is 2.38 bits per heavy atom. The molecule has 0 heterocycles. The zero-order chi connectivity index (χ0) is 5.54. The van der Waals surface area contributed by atoms with E-state index in [1.165, 1.54) is 12.3 Å². The van der Waals surface area contributed by atoms with E-state index in [1.807, 2.05) is 6.92 Å². The molecule has 0 atom stereocenters. The Bertz CT molecular complexity index is 70.8. The maximum absolute atomic E-state index is 9.39. The molecule has 0 unspecified atom stereocenters. The van der Waals surface area contributed by atoms with Crippen LogP contribution in [0.5, 0.6) is 0 Å². The van der Waals surface area contributed by atoms with Crippen molar-refractivity contribution in [2.45, 2.75) is 6.92 Å². The zero-order valence-electron chi connectivity index (χ0n) is 4.76. The largest absolute Gasteiger partial charge is 0.586 e. The third-order valence-corrected chi connectivity index (χ3v) is 0.399. The minimum absolute atomic E-state index is 0. The Labute approximate surface area is 74.2 Å². The van der Waals surface area contributed by atoms with Crippen molar-refractivity contribution in [3.05, 3.63) is 12.3 Å². The number of hydrogen-bond acceptors (Lipinski definition) is 2. The predicted octanol–water partition coefficient (Wildman–Crippen LogP) is 0.644. The van der Waals surface area contributed by atoms with E-state index in [0.29, 0.717) is 6.61 Å². The summed E-state index contributed by atoms with van der Waals surface area (Å²) >= 11 is 0. The minimum Gasteiger partial charge on any atom is -0.586 e. The van der Waals surface area contributed by atoms with Gasteiger partial charge in [0, 0.05) is 32.7 Å². The van der Waals surface area contributed by atoms with Gasteiger partial charge in [-0.05, 0) is 13.2 Å². The van der Waals surface area contributed by atoms with Crippen molar-refractivity contribution < 1.29 is 42.2 Å². The van der Waals surface area contributed by atoms with E-state index in [0.717, 1.165) is 0 Å². The molecule has 0 aromatic heterocycles. The molecule has 0 saturated heterocycles. The van der Waals surface area contributed by atoms with Crippen LogP contribution in [0.4, 0.5) is 0 Å².